The molecule has 23 heavy (non-hydrogen) atoms. The molecule has 1 unspecified atom stereocenters. The van der Waals surface area contributed by atoms with E-state index in [1.807, 2.05) is 26.0 Å². The van der Waals surface area contributed by atoms with E-state index in [-0.39, 0.29) is 17.3 Å². The lowest BCUT2D eigenvalue weighted by molar-refractivity contribution is 0.0952. The highest BCUT2D eigenvalue weighted by atomic mass is 16.2. The van der Waals surface area contributed by atoms with Gasteiger partial charge in [0.05, 0.1) is 0 Å². The second kappa shape index (κ2) is 5.83. The molecule has 1 amide bonds. The molecular weight excluding hydrogens is 292 g/mol. The number of hydrogen-bond donors (Lipinski definition) is 2. The minimum absolute atomic E-state index is 0.0283. The Hall–Kier alpha value is -2.69. The molecule has 0 radical (unpaired) electrons. The minimum atomic E-state index is -0.510. The second-order valence-corrected chi connectivity index (χ2v) is 6.16. The van der Waals surface area contributed by atoms with Gasteiger partial charge in [-0.3, -0.25) is 14.4 Å². The van der Waals surface area contributed by atoms with Crippen LogP contribution in [-0.2, 0) is 6.42 Å². The van der Waals surface area contributed by atoms with Gasteiger partial charge in [-0.2, -0.15) is 0 Å². The maximum Gasteiger partial charge on any atom is 0.261 e. The van der Waals surface area contributed by atoms with Gasteiger partial charge in [0.1, 0.15) is 5.56 Å². The fourth-order valence-electron chi connectivity index (χ4n) is 2.83. The van der Waals surface area contributed by atoms with Crippen LogP contribution >= 0.6 is 0 Å². The molecule has 1 atom stereocenters. The van der Waals surface area contributed by atoms with Crippen LogP contribution in [0.2, 0.25) is 0 Å². The van der Waals surface area contributed by atoms with Crippen LogP contribution in [-0.4, -0.2) is 16.7 Å². The van der Waals surface area contributed by atoms with Gasteiger partial charge in [-0.1, -0.05) is 24.6 Å². The number of Topliss-reactive ketones (excluding diaryl/α,β-unsaturated/α-hetero) is 1. The monoisotopic (exact) mass is 310 g/mol. The van der Waals surface area contributed by atoms with E-state index in [2.05, 4.69) is 10.3 Å². The molecule has 0 fully saturated rings. The van der Waals surface area contributed by atoms with Crippen molar-refractivity contribution >= 4 is 17.4 Å². The summed E-state index contributed by atoms with van der Waals surface area (Å²) in [5.74, 6) is -0.332. The molecule has 5 heteroatoms. The zero-order valence-corrected chi connectivity index (χ0v) is 13.1. The normalized spacial score (nSPS) is 16.8. The number of fused-ring (bicyclic) bond motifs is 1. The molecule has 2 aromatic rings. The summed E-state index contributed by atoms with van der Waals surface area (Å²) in [7, 11) is 0. The fraction of sp³-hybridized carbons (Fsp3) is 0.278. The maximum atomic E-state index is 12.3. The quantitative estimate of drug-likeness (QED) is 0.895. The number of rotatable bonds is 2. The number of carbonyl (C=O) groups excluding carboxylic acids is 2. The molecule has 3 rings (SSSR count). The predicted octanol–water partition coefficient (Wildman–Crippen LogP) is 2.70. The van der Waals surface area contributed by atoms with Crippen LogP contribution in [0, 0.1) is 12.8 Å². The van der Waals surface area contributed by atoms with Gasteiger partial charge in [0.15, 0.2) is 5.78 Å². The van der Waals surface area contributed by atoms with Gasteiger partial charge in [0.2, 0.25) is 0 Å². The Morgan fingerprint density at radius 3 is 2.57 bits per heavy atom. The second-order valence-electron chi connectivity index (χ2n) is 6.16. The van der Waals surface area contributed by atoms with Crippen LogP contribution in [0.15, 0.2) is 35.1 Å². The molecule has 5 nitrogen and oxygen atoms in total. The molecule has 0 aliphatic heterocycles. The van der Waals surface area contributed by atoms with Crippen LogP contribution in [0.1, 0.15) is 45.3 Å². The first kappa shape index (κ1) is 15.2. The number of aryl methyl sites for hydroxylation is 1. The molecular formula is C18H18N2O3. The van der Waals surface area contributed by atoms with Crippen LogP contribution < -0.4 is 10.9 Å². The van der Waals surface area contributed by atoms with E-state index >= 15 is 0 Å². The fourth-order valence-corrected chi connectivity index (χ4v) is 2.83. The number of H-pyrrole nitrogens is 1. The lowest BCUT2D eigenvalue weighted by atomic mass is 9.86. The maximum absolute atomic E-state index is 12.3. The van der Waals surface area contributed by atoms with Gasteiger partial charge in [-0.05, 0) is 37.5 Å². The zero-order chi connectivity index (χ0) is 16.6. The van der Waals surface area contributed by atoms with Crippen LogP contribution in [0.5, 0.6) is 0 Å². The third-order valence-electron chi connectivity index (χ3n) is 4.06. The highest BCUT2D eigenvalue weighted by Crippen LogP contribution is 2.23. The molecule has 1 aliphatic carbocycles. The van der Waals surface area contributed by atoms with E-state index in [0.29, 0.717) is 29.8 Å². The first-order valence-electron chi connectivity index (χ1n) is 7.61. The number of pyridine rings is 1. The Labute approximate surface area is 133 Å². The number of ketones is 1. The summed E-state index contributed by atoms with van der Waals surface area (Å²) in [6.07, 6.45) is 1.09. The predicted molar refractivity (Wildman–Crippen MR) is 88.0 cm³/mol. The van der Waals surface area contributed by atoms with Gasteiger partial charge >= 0.3 is 0 Å². The van der Waals surface area contributed by atoms with Crippen molar-refractivity contribution in [2.24, 2.45) is 5.92 Å². The molecule has 0 saturated carbocycles. The van der Waals surface area contributed by atoms with E-state index < -0.39 is 11.5 Å². The molecule has 1 aromatic carbocycles. The number of amides is 1. The summed E-state index contributed by atoms with van der Waals surface area (Å²) in [4.78, 5) is 39.3. The SMILES string of the molecule is Cc1ccc(NC(=O)c2cc3c([nH]c2=O)CC(C)CC3=O)cc1. The first-order valence-corrected chi connectivity index (χ1v) is 7.61. The average molecular weight is 310 g/mol. The van der Waals surface area contributed by atoms with E-state index in [0.717, 1.165) is 5.56 Å². The lowest BCUT2D eigenvalue weighted by Crippen LogP contribution is -2.29. The lowest BCUT2D eigenvalue weighted by Gasteiger charge is -2.20. The Morgan fingerprint density at radius 2 is 1.87 bits per heavy atom. The number of hydrogen-bond acceptors (Lipinski definition) is 3. The third kappa shape index (κ3) is 3.08. The first-order chi connectivity index (χ1) is 10.9. The standard InChI is InChI=1S/C18H18N2O3/c1-10-3-5-12(6-4-10)19-17(22)14-9-13-15(20-18(14)23)7-11(2)8-16(13)21/h3-6,9,11H,7-8H2,1-2H3,(H,19,22)(H,20,23). The molecule has 118 valence electrons. The van der Waals surface area contributed by atoms with E-state index in [1.165, 1.54) is 6.07 Å². The largest absolute Gasteiger partial charge is 0.325 e. The Kier molecular flexibility index (Phi) is 3.86. The summed E-state index contributed by atoms with van der Waals surface area (Å²) in [6.45, 7) is 3.92. The third-order valence-corrected chi connectivity index (χ3v) is 4.06. The molecule has 1 heterocycles. The summed E-state index contributed by atoms with van der Waals surface area (Å²) in [5, 5.41) is 2.69. The number of benzene rings is 1. The van der Waals surface area contributed by atoms with E-state index in [4.69, 9.17) is 0 Å². The number of aromatic nitrogens is 1. The van der Waals surface area contributed by atoms with Gasteiger partial charge in [-0.15, -0.1) is 0 Å². The zero-order valence-electron chi connectivity index (χ0n) is 13.1. The molecule has 1 aromatic heterocycles. The van der Waals surface area contributed by atoms with Crippen molar-refractivity contribution in [2.75, 3.05) is 5.32 Å². The summed E-state index contributed by atoms with van der Waals surface area (Å²) >= 11 is 0. The van der Waals surface area contributed by atoms with Crippen molar-refractivity contribution in [3.63, 3.8) is 0 Å². The molecule has 0 spiro atoms. The summed E-state index contributed by atoms with van der Waals surface area (Å²) in [6, 6.07) is 8.71. The van der Waals surface area contributed by atoms with E-state index in [1.54, 1.807) is 12.1 Å². The minimum Gasteiger partial charge on any atom is -0.325 e. The molecule has 0 saturated heterocycles. The molecule has 1 aliphatic rings. The van der Waals surface area contributed by atoms with Crippen molar-refractivity contribution in [1.82, 2.24) is 4.98 Å². The topological polar surface area (TPSA) is 79.0 Å². The van der Waals surface area contributed by atoms with Crippen LogP contribution in [0.25, 0.3) is 0 Å². The Bertz CT molecular complexity index is 834. The highest BCUT2D eigenvalue weighted by Gasteiger charge is 2.25. The smallest absolute Gasteiger partial charge is 0.261 e. The van der Waals surface area contributed by atoms with Crippen LogP contribution in [0.3, 0.4) is 0 Å². The van der Waals surface area contributed by atoms with Gasteiger partial charge < -0.3 is 10.3 Å². The van der Waals surface area contributed by atoms with Gasteiger partial charge in [-0.25, -0.2) is 0 Å². The van der Waals surface area contributed by atoms with Crippen molar-refractivity contribution in [1.29, 1.82) is 0 Å². The Balaban J connectivity index is 1.92. The summed E-state index contributed by atoms with van der Waals surface area (Å²) < 4.78 is 0. The van der Waals surface area contributed by atoms with E-state index in [9.17, 15) is 14.4 Å². The van der Waals surface area contributed by atoms with Crippen LogP contribution in [0.4, 0.5) is 5.69 Å². The summed E-state index contributed by atoms with van der Waals surface area (Å²) in [5.41, 5.74) is 2.27. The number of carbonyl (C=O) groups is 2. The average Bonchev–Trinajstić information content (AvgIpc) is 2.48. The highest BCUT2D eigenvalue weighted by molar-refractivity contribution is 6.06. The molecule has 0 bridgehead atoms. The number of anilines is 1. The molecule has 2 N–H and O–H groups in total. The van der Waals surface area contributed by atoms with Crippen molar-refractivity contribution in [3.8, 4) is 0 Å². The number of nitrogens with one attached hydrogen (secondary N) is 2. The van der Waals surface area contributed by atoms with Crippen molar-refractivity contribution in [3.05, 3.63) is 63.1 Å². The number of aromatic amines is 1. The van der Waals surface area contributed by atoms with Crippen molar-refractivity contribution < 1.29 is 9.59 Å². The van der Waals surface area contributed by atoms with Crippen molar-refractivity contribution in [2.45, 2.75) is 26.7 Å². The Morgan fingerprint density at radius 1 is 1.17 bits per heavy atom. The van der Waals surface area contributed by atoms with Gasteiger partial charge in [0.25, 0.3) is 11.5 Å². The van der Waals surface area contributed by atoms with Gasteiger partial charge in [0, 0.05) is 23.4 Å².